The molecule has 0 atom stereocenters. The van der Waals surface area contributed by atoms with E-state index in [0.29, 0.717) is 13.0 Å². The quantitative estimate of drug-likeness (QED) is 0.803. The van der Waals surface area contributed by atoms with E-state index in [9.17, 15) is 21.6 Å². The molecule has 0 saturated carbocycles. The average molecular weight is 346 g/mol. The number of hydrogen-bond donors (Lipinski definition) is 1. The second-order valence-electron chi connectivity index (χ2n) is 5.24. The number of fused-ring (bicyclic) bond motifs is 1. The number of nitrogens with zero attached hydrogens (tertiary/aromatic N) is 1. The zero-order valence-corrected chi connectivity index (χ0v) is 14.0. The van der Waals surface area contributed by atoms with Crippen LogP contribution in [-0.2, 0) is 31.1 Å². The number of hydrogen-bond acceptors (Lipinski definition) is 5. The summed E-state index contributed by atoms with van der Waals surface area (Å²) in [5.41, 5.74) is 1.52. The van der Waals surface area contributed by atoms with Gasteiger partial charge in [-0.3, -0.25) is 4.79 Å². The predicted molar refractivity (Wildman–Crippen MR) is 83.1 cm³/mol. The van der Waals surface area contributed by atoms with Crippen LogP contribution in [0.25, 0.3) is 0 Å². The fourth-order valence-electron chi connectivity index (χ4n) is 2.32. The van der Waals surface area contributed by atoms with E-state index in [0.717, 1.165) is 17.5 Å². The van der Waals surface area contributed by atoms with E-state index in [-0.39, 0.29) is 23.1 Å². The Balaban J connectivity index is 2.18. The first kappa shape index (κ1) is 16.9. The van der Waals surface area contributed by atoms with Gasteiger partial charge in [-0.1, -0.05) is 0 Å². The van der Waals surface area contributed by atoms with Crippen LogP contribution in [0.5, 0.6) is 0 Å². The summed E-state index contributed by atoms with van der Waals surface area (Å²) in [6.07, 6.45) is 1.65. The third kappa shape index (κ3) is 3.84. The van der Waals surface area contributed by atoms with Gasteiger partial charge in [-0.2, -0.15) is 0 Å². The summed E-state index contributed by atoms with van der Waals surface area (Å²) in [7, 11) is -6.99. The van der Waals surface area contributed by atoms with Gasteiger partial charge < -0.3 is 4.90 Å². The maximum Gasteiger partial charge on any atom is 0.240 e. The maximum absolute atomic E-state index is 12.1. The van der Waals surface area contributed by atoms with Crippen molar-refractivity contribution in [1.82, 2.24) is 4.72 Å². The molecule has 1 aliphatic heterocycles. The molecule has 0 aromatic heterocycles. The van der Waals surface area contributed by atoms with Crippen molar-refractivity contribution in [2.24, 2.45) is 0 Å². The molecule has 0 spiro atoms. The van der Waals surface area contributed by atoms with Crippen LogP contribution in [-0.4, -0.2) is 47.8 Å². The lowest BCUT2D eigenvalue weighted by Crippen LogP contribution is -2.29. The summed E-state index contributed by atoms with van der Waals surface area (Å²) in [5.74, 6) is -0.337. The molecule has 7 nitrogen and oxygen atoms in total. The van der Waals surface area contributed by atoms with Crippen LogP contribution in [0, 0.1) is 0 Å². The van der Waals surface area contributed by atoms with E-state index in [2.05, 4.69) is 4.72 Å². The minimum atomic E-state index is -3.76. The van der Waals surface area contributed by atoms with Crippen molar-refractivity contribution in [2.75, 3.05) is 30.0 Å². The van der Waals surface area contributed by atoms with Crippen molar-refractivity contribution in [3.8, 4) is 0 Å². The minimum absolute atomic E-state index is 0.0742. The number of sulfone groups is 1. The third-order valence-corrected chi connectivity index (χ3v) is 5.81. The van der Waals surface area contributed by atoms with Gasteiger partial charge in [0.15, 0.2) is 0 Å². The molecule has 1 aromatic carbocycles. The van der Waals surface area contributed by atoms with Gasteiger partial charge in [-0.25, -0.2) is 21.6 Å². The molecule has 9 heteroatoms. The van der Waals surface area contributed by atoms with Crippen molar-refractivity contribution < 1.29 is 21.6 Å². The number of rotatable bonds is 5. The highest BCUT2D eigenvalue weighted by molar-refractivity contribution is 7.91. The van der Waals surface area contributed by atoms with Gasteiger partial charge in [0.2, 0.25) is 15.9 Å². The van der Waals surface area contributed by atoms with E-state index < -0.39 is 19.9 Å². The minimum Gasteiger partial charge on any atom is -0.312 e. The van der Waals surface area contributed by atoms with E-state index in [1.807, 2.05) is 0 Å². The van der Waals surface area contributed by atoms with Crippen LogP contribution in [0.3, 0.4) is 0 Å². The Kier molecular flexibility index (Phi) is 4.59. The highest BCUT2D eigenvalue weighted by atomic mass is 32.2. The number of sulfonamides is 1. The molecule has 1 aliphatic rings. The van der Waals surface area contributed by atoms with Gasteiger partial charge >= 0.3 is 0 Å². The topological polar surface area (TPSA) is 101 Å². The number of benzene rings is 1. The highest BCUT2D eigenvalue weighted by Gasteiger charge is 2.24. The van der Waals surface area contributed by atoms with E-state index in [1.54, 1.807) is 11.0 Å². The number of carbonyl (C=O) groups is 1. The summed E-state index contributed by atoms with van der Waals surface area (Å²) in [5, 5.41) is 0. The molecule has 1 aromatic rings. The Morgan fingerprint density at radius 1 is 1.27 bits per heavy atom. The fraction of sp³-hybridized carbons (Fsp3) is 0.462. The standard InChI is InChI=1S/C13H18N2O5S2/c1-10(16)15-7-5-11-9-12(3-4-13(11)15)22(19,20)14-6-8-21(2,17)18/h3-4,9,14H,5-8H2,1-2H3. The molecule has 0 aliphatic carbocycles. The van der Waals surface area contributed by atoms with Gasteiger partial charge in [0, 0.05) is 32.0 Å². The second-order valence-corrected chi connectivity index (χ2v) is 9.27. The normalized spacial score (nSPS) is 14.9. The zero-order chi connectivity index (χ0) is 16.5. The molecule has 1 heterocycles. The van der Waals surface area contributed by atoms with Crippen molar-refractivity contribution >= 4 is 31.5 Å². The Bertz CT molecular complexity index is 800. The molecular formula is C13H18N2O5S2. The van der Waals surface area contributed by atoms with Gasteiger partial charge in [0.25, 0.3) is 0 Å². The SMILES string of the molecule is CC(=O)N1CCc2cc(S(=O)(=O)NCCS(C)(=O)=O)ccc21. The molecule has 0 fully saturated rings. The van der Waals surface area contributed by atoms with Crippen LogP contribution < -0.4 is 9.62 Å². The molecular weight excluding hydrogens is 328 g/mol. The van der Waals surface area contributed by atoms with E-state index >= 15 is 0 Å². The van der Waals surface area contributed by atoms with Crippen LogP contribution in [0.2, 0.25) is 0 Å². The van der Waals surface area contributed by atoms with Gasteiger partial charge in [0.1, 0.15) is 9.84 Å². The molecule has 1 amide bonds. The second kappa shape index (κ2) is 5.98. The first-order valence-electron chi connectivity index (χ1n) is 6.68. The lowest BCUT2D eigenvalue weighted by Gasteiger charge is -2.15. The van der Waals surface area contributed by atoms with Crippen LogP contribution in [0.15, 0.2) is 23.1 Å². The van der Waals surface area contributed by atoms with Crippen molar-refractivity contribution in [3.63, 3.8) is 0 Å². The maximum atomic E-state index is 12.1. The highest BCUT2D eigenvalue weighted by Crippen LogP contribution is 2.30. The monoisotopic (exact) mass is 346 g/mol. The lowest BCUT2D eigenvalue weighted by atomic mass is 10.2. The summed E-state index contributed by atoms with van der Waals surface area (Å²) in [6.45, 7) is 1.83. The number of amides is 1. The smallest absolute Gasteiger partial charge is 0.240 e. The number of anilines is 1. The molecule has 2 rings (SSSR count). The average Bonchev–Trinajstić information content (AvgIpc) is 2.79. The summed E-state index contributed by atoms with van der Waals surface area (Å²) in [6, 6.07) is 4.55. The fourth-order valence-corrected chi connectivity index (χ4v) is 4.00. The Hall–Kier alpha value is -1.45. The van der Waals surface area contributed by atoms with E-state index in [4.69, 9.17) is 0 Å². The largest absolute Gasteiger partial charge is 0.312 e. The number of carbonyl (C=O) groups excluding carboxylic acids is 1. The van der Waals surface area contributed by atoms with Crippen molar-refractivity contribution in [3.05, 3.63) is 23.8 Å². The first-order chi connectivity index (χ1) is 10.1. The molecule has 22 heavy (non-hydrogen) atoms. The summed E-state index contributed by atoms with van der Waals surface area (Å²) < 4.78 is 48.6. The Labute approximate surface area is 130 Å². The molecule has 0 unspecified atom stereocenters. The molecule has 122 valence electrons. The van der Waals surface area contributed by atoms with Crippen LogP contribution in [0.4, 0.5) is 5.69 Å². The summed E-state index contributed by atoms with van der Waals surface area (Å²) in [4.78, 5) is 13.1. The zero-order valence-electron chi connectivity index (χ0n) is 12.4. The third-order valence-electron chi connectivity index (χ3n) is 3.40. The van der Waals surface area contributed by atoms with Crippen LogP contribution >= 0.6 is 0 Å². The Morgan fingerprint density at radius 3 is 2.55 bits per heavy atom. The Morgan fingerprint density at radius 2 is 1.95 bits per heavy atom. The van der Waals surface area contributed by atoms with Gasteiger partial charge in [0.05, 0.1) is 10.6 Å². The molecule has 0 saturated heterocycles. The van der Waals surface area contributed by atoms with Crippen LogP contribution in [0.1, 0.15) is 12.5 Å². The predicted octanol–water partition coefficient (Wildman–Crippen LogP) is -0.0815. The molecule has 1 N–H and O–H groups in total. The van der Waals surface area contributed by atoms with Gasteiger partial charge in [-0.05, 0) is 30.2 Å². The lowest BCUT2D eigenvalue weighted by molar-refractivity contribution is -0.116. The van der Waals surface area contributed by atoms with Crippen molar-refractivity contribution in [1.29, 1.82) is 0 Å². The number of nitrogens with one attached hydrogen (secondary N) is 1. The van der Waals surface area contributed by atoms with Gasteiger partial charge in [-0.15, -0.1) is 0 Å². The summed E-state index contributed by atoms with van der Waals surface area (Å²) >= 11 is 0. The molecule has 0 radical (unpaired) electrons. The van der Waals surface area contributed by atoms with Crippen molar-refractivity contribution in [2.45, 2.75) is 18.2 Å². The first-order valence-corrected chi connectivity index (χ1v) is 10.2. The van der Waals surface area contributed by atoms with E-state index in [1.165, 1.54) is 19.1 Å². The molecule has 0 bridgehead atoms.